The van der Waals surface area contributed by atoms with Crippen molar-refractivity contribution in [1.82, 2.24) is 4.98 Å². The zero-order chi connectivity index (χ0) is 16.5. The van der Waals surface area contributed by atoms with E-state index in [0.29, 0.717) is 6.42 Å². The fourth-order valence-corrected chi connectivity index (χ4v) is 4.26. The van der Waals surface area contributed by atoms with Crippen molar-refractivity contribution >= 4 is 28.1 Å². The smallest absolute Gasteiger partial charge is 0.227 e. The van der Waals surface area contributed by atoms with E-state index in [1.807, 2.05) is 17.0 Å². The molecule has 0 bridgehead atoms. The third kappa shape index (κ3) is 3.03. The van der Waals surface area contributed by atoms with Crippen LogP contribution in [0.3, 0.4) is 0 Å². The van der Waals surface area contributed by atoms with E-state index in [4.69, 9.17) is 4.98 Å². The highest BCUT2D eigenvalue weighted by molar-refractivity contribution is 7.14. The molecule has 2 saturated heterocycles. The summed E-state index contributed by atoms with van der Waals surface area (Å²) in [6, 6.07) is 8.21. The maximum Gasteiger partial charge on any atom is 0.227 e. The number of piperazine rings is 1. The molecule has 6 heteroatoms. The van der Waals surface area contributed by atoms with Crippen LogP contribution in [0.4, 0.5) is 10.8 Å². The van der Waals surface area contributed by atoms with Gasteiger partial charge in [0.1, 0.15) is 0 Å². The Hall–Kier alpha value is -1.92. The molecule has 24 heavy (non-hydrogen) atoms. The maximum absolute atomic E-state index is 12.0. The molecule has 0 spiro atoms. The first-order chi connectivity index (χ1) is 11.7. The van der Waals surface area contributed by atoms with Crippen molar-refractivity contribution in [1.29, 1.82) is 0 Å². The standard InChI is InChI=1S/C18H22N4OS/c1-20-8-10-21(11-9-20)18-19-16(13-24-18)14-4-2-5-15(12-14)22-7-3-6-17(22)23/h2,4-5,12-13H,3,6-11H2,1H3/p+1. The normalized spacial score (nSPS) is 19.3. The van der Waals surface area contributed by atoms with Gasteiger partial charge in [-0.15, -0.1) is 11.3 Å². The minimum Gasteiger partial charge on any atom is -0.337 e. The zero-order valence-corrected chi connectivity index (χ0v) is 14.8. The summed E-state index contributed by atoms with van der Waals surface area (Å²) in [6.07, 6.45) is 1.62. The van der Waals surface area contributed by atoms with E-state index in [0.717, 1.165) is 48.1 Å². The predicted molar refractivity (Wildman–Crippen MR) is 98.0 cm³/mol. The molecule has 0 saturated carbocycles. The minimum absolute atomic E-state index is 0.228. The number of rotatable bonds is 3. The average molecular weight is 343 g/mol. The molecule has 1 N–H and O–H groups in total. The van der Waals surface area contributed by atoms with E-state index < -0.39 is 0 Å². The molecule has 126 valence electrons. The van der Waals surface area contributed by atoms with Crippen LogP contribution in [0, 0.1) is 0 Å². The molecular weight excluding hydrogens is 320 g/mol. The summed E-state index contributed by atoms with van der Waals surface area (Å²) in [5.74, 6) is 0.228. The SMILES string of the molecule is C[NH+]1CCN(c2nc(-c3cccc(N4CCCC4=O)c3)cs2)CC1. The van der Waals surface area contributed by atoms with E-state index in [1.54, 1.807) is 16.2 Å². The fraction of sp³-hybridized carbons (Fsp3) is 0.444. The zero-order valence-electron chi connectivity index (χ0n) is 14.0. The molecule has 2 aromatic rings. The van der Waals surface area contributed by atoms with Gasteiger partial charge in [0.2, 0.25) is 5.91 Å². The lowest BCUT2D eigenvalue weighted by molar-refractivity contribution is -0.880. The van der Waals surface area contributed by atoms with Gasteiger partial charge < -0.3 is 14.7 Å². The largest absolute Gasteiger partial charge is 0.337 e. The molecular formula is C18H23N4OS+. The van der Waals surface area contributed by atoms with Gasteiger partial charge in [0.25, 0.3) is 0 Å². The Morgan fingerprint density at radius 2 is 2.04 bits per heavy atom. The number of quaternary nitrogens is 1. The van der Waals surface area contributed by atoms with Crippen molar-refractivity contribution < 1.29 is 9.69 Å². The Bertz CT molecular complexity index is 736. The molecule has 3 heterocycles. The monoisotopic (exact) mass is 343 g/mol. The second-order valence-electron chi connectivity index (χ2n) is 6.66. The number of carbonyl (C=O) groups is 1. The lowest BCUT2D eigenvalue weighted by Gasteiger charge is -2.29. The van der Waals surface area contributed by atoms with Crippen LogP contribution in [-0.4, -0.2) is 50.7 Å². The lowest BCUT2D eigenvalue weighted by atomic mass is 10.1. The van der Waals surface area contributed by atoms with E-state index in [9.17, 15) is 4.79 Å². The van der Waals surface area contributed by atoms with Crippen LogP contribution in [-0.2, 0) is 4.79 Å². The second-order valence-corrected chi connectivity index (χ2v) is 7.50. The number of likely N-dealkylation sites (N-methyl/N-ethyl adjacent to an activating group) is 1. The Morgan fingerprint density at radius 1 is 1.21 bits per heavy atom. The number of hydrogen-bond donors (Lipinski definition) is 1. The molecule has 1 aromatic carbocycles. The van der Waals surface area contributed by atoms with Crippen molar-refractivity contribution in [2.75, 3.05) is 49.6 Å². The van der Waals surface area contributed by atoms with Crippen molar-refractivity contribution in [2.24, 2.45) is 0 Å². The third-order valence-corrected chi connectivity index (χ3v) is 5.81. The number of aromatic nitrogens is 1. The number of thiazole rings is 1. The number of benzene rings is 1. The highest BCUT2D eigenvalue weighted by atomic mass is 32.1. The Kier molecular flexibility index (Phi) is 4.24. The molecule has 0 radical (unpaired) electrons. The molecule has 1 aromatic heterocycles. The molecule has 0 aliphatic carbocycles. The number of nitrogens with zero attached hydrogens (tertiary/aromatic N) is 3. The first-order valence-corrected chi connectivity index (χ1v) is 9.51. The van der Waals surface area contributed by atoms with Crippen LogP contribution in [0.25, 0.3) is 11.3 Å². The Labute approximate surface area is 146 Å². The van der Waals surface area contributed by atoms with Crippen molar-refractivity contribution in [3.05, 3.63) is 29.6 Å². The van der Waals surface area contributed by atoms with Crippen LogP contribution in [0.5, 0.6) is 0 Å². The van der Waals surface area contributed by atoms with Crippen molar-refractivity contribution in [2.45, 2.75) is 12.8 Å². The van der Waals surface area contributed by atoms with Crippen LogP contribution in [0.1, 0.15) is 12.8 Å². The summed E-state index contributed by atoms with van der Waals surface area (Å²) in [5.41, 5.74) is 3.09. The molecule has 2 fully saturated rings. The van der Waals surface area contributed by atoms with E-state index in [1.165, 1.54) is 13.1 Å². The highest BCUT2D eigenvalue weighted by Crippen LogP contribution is 2.30. The second kappa shape index (κ2) is 6.53. The van der Waals surface area contributed by atoms with Gasteiger partial charge in [0.05, 0.1) is 38.9 Å². The molecule has 0 atom stereocenters. The van der Waals surface area contributed by atoms with Crippen LogP contribution in [0.2, 0.25) is 0 Å². The van der Waals surface area contributed by atoms with Gasteiger partial charge in [0, 0.05) is 29.6 Å². The average Bonchev–Trinajstić information content (AvgIpc) is 3.25. The molecule has 4 rings (SSSR count). The van der Waals surface area contributed by atoms with Crippen LogP contribution in [0.15, 0.2) is 29.6 Å². The number of carbonyl (C=O) groups excluding carboxylic acids is 1. The molecule has 2 aliphatic heterocycles. The van der Waals surface area contributed by atoms with Crippen LogP contribution >= 0.6 is 11.3 Å². The minimum atomic E-state index is 0.228. The van der Waals surface area contributed by atoms with Crippen molar-refractivity contribution in [3.63, 3.8) is 0 Å². The Balaban J connectivity index is 1.55. The summed E-state index contributed by atoms with van der Waals surface area (Å²) >= 11 is 1.72. The highest BCUT2D eigenvalue weighted by Gasteiger charge is 2.23. The topological polar surface area (TPSA) is 40.9 Å². The van der Waals surface area contributed by atoms with Gasteiger partial charge in [-0.25, -0.2) is 4.98 Å². The summed E-state index contributed by atoms with van der Waals surface area (Å²) in [6.45, 7) is 5.30. The van der Waals surface area contributed by atoms with Crippen LogP contribution < -0.4 is 14.7 Å². The molecule has 1 amide bonds. The van der Waals surface area contributed by atoms with E-state index in [2.05, 4.69) is 29.5 Å². The predicted octanol–water partition coefficient (Wildman–Crippen LogP) is 1.27. The molecule has 2 aliphatic rings. The fourth-order valence-electron chi connectivity index (χ4n) is 3.38. The van der Waals surface area contributed by atoms with Gasteiger partial charge in [0.15, 0.2) is 5.13 Å². The van der Waals surface area contributed by atoms with Gasteiger partial charge in [-0.2, -0.15) is 0 Å². The summed E-state index contributed by atoms with van der Waals surface area (Å²) in [4.78, 5) is 22.7. The number of nitrogens with one attached hydrogen (secondary N) is 1. The van der Waals surface area contributed by atoms with Gasteiger partial charge >= 0.3 is 0 Å². The molecule has 0 unspecified atom stereocenters. The first kappa shape index (κ1) is 15.6. The van der Waals surface area contributed by atoms with Gasteiger partial charge in [-0.1, -0.05) is 12.1 Å². The Morgan fingerprint density at radius 3 is 2.79 bits per heavy atom. The van der Waals surface area contributed by atoms with Gasteiger partial charge in [-0.05, 0) is 18.6 Å². The first-order valence-electron chi connectivity index (χ1n) is 8.63. The lowest BCUT2D eigenvalue weighted by Crippen LogP contribution is -3.12. The quantitative estimate of drug-likeness (QED) is 0.913. The van der Waals surface area contributed by atoms with Crippen molar-refractivity contribution in [3.8, 4) is 11.3 Å². The third-order valence-electron chi connectivity index (χ3n) is 4.91. The number of hydrogen-bond acceptors (Lipinski definition) is 4. The summed E-state index contributed by atoms with van der Waals surface area (Å²) in [7, 11) is 2.25. The maximum atomic E-state index is 12.0. The summed E-state index contributed by atoms with van der Waals surface area (Å²) < 4.78 is 0. The van der Waals surface area contributed by atoms with E-state index in [-0.39, 0.29) is 5.91 Å². The van der Waals surface area contributed by atoms with E-state index >= 15 is 0 Å². The molecule has 5 nitrogen and oxygen atoms in total. The number of amides is 1. The summed E-state index contributed by atoms with van der Waals surface area (Å²) in [5, 5.41) is 3.24. The van der Waals surface area contributed by atoms with Gasteiger partial charge in [-0.3, -0.25) is 4.79 Å². The number of anilines is 2.